The fourth-order valence-corrected chi connectivity index (χ4v) is 5.07. The fraction of sp³-hybridized carbons (Fsp3) is 0.643. The molecule has 2 aliphatic rings. The number of thiophene rings is 1. The van der Waals surface area contributed by atoms with E-state index in [1.165, 1.54) is 30.8 Å². The molecule has 0 spiro atoms. The molecular weight excluding hydrogens is 276 g/mol. The Morgan fingerprint density at radius 3 is 2.79 bits per heavy atom. The van der Waals surface area contributed by atoms with Crippen LogP contribution in [0.25, 0.3) is 0 Å². The second-order valence-electron chi connectivity index (χ2n) is 5.23. The number of carbonyl (C=O) groups excluding carboxylic acids is 1. The summed E-state index contributed by atoms with van der Waals surface area (Å²) < 4.78 is 0. The van der Waals surface area contributed by atoms with Gasteiger partial charge in [-0.3, -0.25) is 4.79 Å². The van der Waals surface area contributed by atoms with Crippen LogP contribution in [0.2, 0.25) is 0 Å². The van der Waals surface area contributed by atoms with Crippen LogP contribution in [0, 0.1) is 0 Å². The highest BCUT2D eigenvalue weighted by Gasteiger charge is 2.38. The molecule has 2 atom stereocenters. The third kappa shape index (κ3) is 2.83. The first-order chi connectivity index (χ1) is 9.25. The Hall–Kier alpha value is -0.520. The molecule has 0 saturated carbocycles. The average molecular weight is 296 g/mol. The van der Waals surface area contributed by atoms with E-state index >= 15 is 0 Å². The second kappa shape index (κ2) is 5.85. The van der Waals surface area contributed by atoms with Crippen molar-refractivity contribution in [3.63, 3.8) is 0 Å². The third-order valence-corrected chi connectivity index (χ3v) is 6.34. The van der Waals surface area contributed by atoms with Crippen molar-refractivity contribution in [1.29, 1.82) is 0 Å². The lowest BCUT2D eigenvalue weighted by Gasteiger charge is -2.25. The highest BCUT2D eigenvalue weighted by atomic mass is 32.2. The molecule has 3 rings (SSSR count). The van der Waals surface area contributed by atoms with Crippen LogP contribution < -0.4 is 0 Å². The summed E-state index contributed by atoms with van der Waals surface area (Å²) in [7, 11) is 0. The SMILES string of the molecule is CC1SC(c2cccs2)N(CCN2CCCC2)C1=O. The van der Waals surface area contributed by atoms with Gasteiger partial charge in [-0.15, -0.1) is 23.1 Å². The molecule has 0 N–H and O–H groups in total. The van der Waals surface area contributed by atoms with E-state index < -0.39 is 0 Å². The van der Waals surface area contributed by atoms with Crippen LogP contribution in [-0.2, 0) is 4.79 Å². The summed E-state index contributed by atoms with van der Waals surface area (Å²) in [6, 6.07) is 4.23. The molecular formula is C14H20N2OS2. The van der Waals surface area contributed by atoms with Crippen molar-refractivity contribution in [3.8, 4) is 0 Å². The number of amides is 1. The maximum atomic E-state index is 12.3. The Bertz CT molecular complexity index is 429. The van der Waals surface area contributed by atoms with E-state index in [0.29, 0.717) is 5.91 Å². The molecule has 104 valence electrons. The largest absolute Gasteiger partial charge is 0.323 e. The summed E-state index contributed by atoms with van der Waals surface area (Å²) in [6.07, 6.45) is 2.63. The number of hydrogen-bond acceptors (Lipinski definition) is 4. The number of nitrogens with zero attached hydrogens (tertiary/aromatic N) is 2. The van der Waals surface area contributed by atoms with E-state index in [-0.39, 0.29) is 10.6 Å². The standard InChI is InChI=1S/C14H20N2OS2/c1-11-13(17)16(9-8-15-6-2-3-7-15)14(19-11)12-5-4-10-18-12/h4-5,10-11,14H,2-3,6-9H2,1H3. The summed E-state index contributed by atoms with van der Waals surface area (Å²) in [5.41, 5.74) is 0. The van der Waals surface area contributed by atoms with E-state index in [2.05, 4.69) is 27.3 Å². The van der Waals surface area contributed by atoms with Crippen molar-refractivity contribution in [2.24, 2.45) is 0 Å². The Kier molecular flexibility index (Phi) is 4.15. The monoisotopic (exact) mass is 296 g/mol. The van der Waals surface area contributed by atoms with Gasteiger partial charge in [-0.05, 0) is 44.3 Å². The topological polar surface area (TPSA) is 23.6 Å². The van der Waals surface area contributed by atoms with E-state index in [1.54, 1.807) is 23.1 Å². The number of rotatable bonds is 4. The second-order valence-corrected chi connectivity index (χ2v) is 7.63. The van der Waals surface area contributed by atoms with Crippen molar-refractivity contribution in [2.75, 3.05) is 26.2 Å². The molecule has 2 fully saturated rings. The fourth-order valence-electron chi connectivity index (χ4n) is 2.81. The summed E-state index contributed by atoms with van der Waals surface area (Å²) in [6.45, 7) is 6.34. The van der Waals surface area contributed by atoms with Gasteiger partial charge in [-0.2, -0.15) is 0 Å². The van der Waals surface area contributed by atoms with Gasteiger partial charge in [0.1, 0.15) is 5.37 Å². The lowest BCUT2D eigenvalue weighted by molar-refractivity contribution is -0.129. The molecule has 0 radical (unpaired) electrons. The van der Waals surface area contributed by atoms with Crippen LogP contribution in [0.5, 0.6) is 0 Å². The number of likely N-dealkylation sites (tertiary alicyclic amines) is 1. The highest BCUT2D eigenvalue weighted by Crippen LogP contribution is 2.44. The van der Waals surface area contributed by atoms with Gasteiger partial charge in [-0.1, -0.05) is 6.07 Å². The van der Waals surface area contributed by atoms with Crippen LogP contribution in [-0.4, -0.2) is 47.1 Å². The van der Waals surface area contributed by atoms with Gasteiger partial charge in [0.2, 0.25) is 5.91 Å². The van der Waals surface area contributed by atoms with Crippen molar-refractivity contribution in [3.05, 3.63) is 22.4 Å². The minimum absolute atomic E-state index is 0.102. The van der Waals surface area contributed by atoms with Crippen LogP contribution >= 0.6 is 23.1 Å². The highest BCUT2D eigenvalue weighted by molar-refractivity contribution is 8.01. The van der Waals surface area contributed by atoms with Gasteiger partial charge in [0.25, 0.3) is 0 Å². The van der Waals surface area contributed by atoms with Crippen LogP contribution in [0.4, 0.5) is 0 Å². The van der Waals surface area contributed by atoms with E-state index in [0.717, 1.165) is 13.1 Å². The summed E-state index contributed by atoms with van der Waals surface area (Å²) in [5, 5.41) is 2.44. The zero-order valence-electron chi connectivity index (χ0n) is 11.2. The molecule has 2 unspecified atom stereocenters. The van der Waals surface area contributed by atoms with Crippen LogP contribution in [0.15, 0.2) is 17.5 Å². The smallest absolute Gasteiger partial charge is 0.236 e. The van der Waals surface area contributed by atoms with Crippen molar-refractivity contribution in [2.45, 2.75) is 30.4 Å². The van der Waals surface area contributed by atoms with Gasteiger partial charge in [0.15, 0.2) is 0 Å². The molecule has 0 aromatic carbocycles. The Morgan fingerprint density at radius 2 is 2.11 bits per heavy atom. The first kappa shape index (κ1) is 13.5. The first-order valence-electron chi connectivity index (χ1n) is 6.97. The van der Waals surface area contributed by atoms with Gasteiger partial charge < -0.3 is 9.80 Å². The van der Waals surface area contributed by atoms with E-state index in [9.17, 15) is 4.79 Å². The molecule has 19 heavy (non-hydrogen) atoms. The summed E-state index contributed by atoms with van der Waals surface area (Å²) in [5.74, 6) is 0.308. The number of carbonyl (C=O) groups is 1. The van der Waals surface area contributed by atoms with Gasteiger partial charge in [0, 0.05) is 18.0 Å². The average Bonchev–Trinajstić information content (AvgIpc) is 3.12. The van der Waals surface area contributed by atoms with Gasteiger partial charge >= 0.3 is 0 Å². The Labute approximate surface area is 123 Å². The summed E-state index contributed by atoms with van der Waals surface area (Å²) >= 11 is 3.55. The van der Waals surface area contributed by atoms with Crippen LogP contribution in [0.3, 0.4) is 0 Å². The maximum absolute atomic E-state index is 12.3. The van der Waals surface area contributed by atoms with Crippen molar-refractivity contribution >= 4 is 29.0 Å². The molecule has 5 heteroatoms. The van der Waals surface area contributed by atoms with Crippen molar-refractivity contribution in [1.82, 2.24) is 9.80 Å². The summed E-state index contributed by atoms with van der Waals surface area (Å²) in [4.78, 5) is 18.2. The zero-order valence-corrected chi connectivity index (χ0v) is 12.9. The maximum Gasteiger partial charge on any atom is 0.236 e. The molecule has 1 aromatic rings. The molecule has 0 bridgehead atoms. The van der Waals surface area contributed by atoms with E-state index in [4.69, 9.17) is 0 Å². The quantitative estimate of drug-likeness (QED) is 0.853. The molecule has 2 saturated heterocycles. The molecule has 3 heterocycles. The minimum Gasteiger partial charge on any atom is -0.323 e. The molecule has 3 nitrogen and oxygen atoms in total. The molecule has 0 aliphatic carbocycles. The lowest BCUT2D eigenvalue weighted by atomic mass is 10.3. The normalized spacial score (nSPS) is 28.5. The van der Waals surface area contributed by atoms with Crippen LogP contribution in [0.1, 0.15) is 30.0 Å². The van der Waals surface area contributed by atoms with Gasteiger partial charge in [-0.25, -0.2) is 0 Å². The predicted octanol–water partition coefficient (Wildman–Crippen LogP) is 2.81. The molecule has 2 aliphatic heterocycles. The Balaban J connectivity index is 1.67. The lowest BCUT2D eigenvalue weighted by Crippen LogP contribution is -2.37. The Morgan fingerprint density at radius 1 is 1.32 bits per heavy atom. The third-order valence-electron chi connectivity index (χ3n) is 3.89. The zero-order chi connectivity index (χ0) is 13.2. The number of hydrogen-bond donors (Lipinski definition) is 0. The first-order valence-corrected chi connectivity index (χ1v) is 8.79. The minimum atomic E-state index is 0.102. The van der Waals surface area contributed by atoms with Crippen molar-refractivity contribution < 1.29 is 4.79 Å². The predicted molar refractivity (Wildman–Crippen MR) is 81.5 cm³/mol. The molecule has 1 aromatic heterocycles. The molecule has 1 amide bonds. The van der Waals surface area contributed by atoms with Gasteiger partial charge in [0.05, 0.1) is 5.25 Å². The van der Waals surface area contributed by atoms with E-state index in [1.807, 2.05) is 6.92 Å². The number of thioether (sulfide) groups is 1.